The molecule has 5 nitrogen and oxygen atoms in total. The minimum Gasteiger partial charge on any atom is -0.335 e. The number of rotatable bonds is 2. The lowest BCUT2D eigenvalue weighted by molar-refractivity contribution is 0.0636. The minimum absolute atomic E-state index is 0.116. The van der Waals surface area contributed by atoms with Crippen LogP contribution in [0.2, 0.25) is 0 Å². The maximum absolute atomic E-state index is 12.4. The lowest BCUT2D eigenvalue weighted by Gasteiger charge is -2.33. The normalized spacial score (nSPS) is 20.2. The number of aromatic nitrogens is 2. The predicted octanol–water partition coefficient (Wildman–Crippen LogP) is 0.676. The van der Waals surface area contributed by atoms with E-state index in [1.54, 1.807) is 0 Å². The molecular formula is C13H20N4O. The van der Waals surface area contributed by atoms with Gasteiger partial charge in [-0.15, -0.1) is 0 Å². The van der Waals surface area contributed by atoms with Crippen molar-refractivity contribution in [2.45, 2.75) is 26.2 Å². The second-order valence-electron chi connectivity index (χ2n) is 5.11. The molecule has 0 aromatic carbocycles. The molecule has 0 radical (unpaired) electrons. The van der Waals surface area contributed by atoms with Crippen LogP contribution in [0.5, 0.6) is 0 Å². The van der Waals surface area contributed by atoms with E-state index in [0.29, 0.717) is 5.69 Å². The fourth-order valence-electron chi connectivity index (χ4n) is 2.91. The van der Waals surface area contributed by atoms with Crippen LogP contribution in [-0.2, 0) is 12.8 Å². The molecule has 1 N–H and O–H groups in total. The Bertz CT molecular complexity index is 446. The summed E-state index contributed by atoms with van der Waals surface area (Å²) < 4.78 is 0. The third kappa shape index (κ3) is 1.92. The number of carbonyl (C=O) groups excluding carboxylic acids is 1. The Morgan fingerprint density at radius 1 is 1.28 bits per heavy atom. The Kier molecular flexibility index (Phi) is 3.07. The Morgan fingerprint density at radius 3 is 2.78 bits per heavy atom. The second-order valence-corrected chi connectivity index (χ2v) is 5.11. The molecule has 3 rings (SSSR count). The predicted molar refractivity (Wildman–Crippen MR) is 68.6 cm³/mol. The lowest BCUT2D eigenvalue weighted by Crippen LogP contribution is -2.48. The standard InChI is InChI=1S/C13H20N4O/c1-2-16-6-8-17(9-7-16)13(18)12-10-4-3-5-11(10)14-15-12/h2-9H2,1H3,(H,14,15). The third-order valence-corrected chi connectivity index (χ3v) is 4.12. The van der Waals surface area contributed by atoms with E-state index in [2.05, 4.69) is 22.0 Å². The number of nitrogens with zero attached hydrogens (tertiary/aromatic N) is 3. The monoisotopic (exact) mass is 248 g/mol. The van der Waals surface area contributed by atoms with Gasteiger partial charge in [-0.3, -0.25) is 9.89 Å². The number of likely N-dealkylation sites (N-methyl/N-ethyl adjacent to an activating group) is 1. The summed E-state index contributed by atoms with van der Waals surface area (Å²) in [4.78, 5) is 16.8. The van der Waals surface area contributed by atoms with E-state index in [4.69, 9.17) is 0 Å². The molecule has 18 heavy (non-hydrogen) atoms. The molecule has 1 amide bonds. The van der Waals surface area contributed by atoms with Crippen molar-refractivity contribution >= 4 is 5.91 Å². The zero-order valence-corrected chi connectivity index (χ0v) is 10.9. The van der Waals surface area contributed by atoms with Gasteiger partial charge in [-0.25, -0.2) is 0 Å². The fourth-order valence-corrected chi connectivity index (χ4v) is 2.91. The summed E-state index contributed by atoms with van der Waals surface area (Å²) in [6.45, 7) is 6.85. The highest BCUT2D eigenvalue weighted by Gasteiger charge is 2.28. The van der Waals surface area contributed by atoms with Gasteiger partial charge in [0, 0.05) is 37.4 Å². The van der Waals surface area contributed by atoms with Crippen LogP contribution < -0.4 is 0 Å². The van der Waals surface area contributed by atoms with Crippen LogP contribution in [0.25, 0.3) is 0 Å². The van der Waals surface area contributed by atoms with E-state index in [0.717, 1.165) is 57.5 Å². The number of H-pyrrole nitrogens is 1. The van der Waals surface area contributed by atoms with Gasteiger partial charge in [-0.1, -0.05) is 6.92 Å². The molecule has 0 bridgehead atoms. The molecule has 0 spiro atoms. The van der Waals surface area contributed by atoms with Gasteiger partial charge in [0.2, 0.25) is 0 Å². The lowest BCUT2D eigenvalue weighted by atomic mass is 10.1. The van der Waals surface area contributed by atoms with Crippen LogP contribution in [-0.4, -0.2) is 58.6 Å². The maximum Gasteiger partial charge on any atom is 0.274 e. The van der Waals surface area contributed by atoms with E-state index >= 15 is 0 Å². The van der Waals surface area contributed by atoms with Crippen molar-refractivity contribution in [2.24, 2.45) is 0 Å². The average Bonchev–Trinajstić information content (AvgIpc) is 3.00. The molecule has 1 aromatic heterocycles. The van der Waals surface area contributed by atoms with Gasteiger partial charge < -0.3 is 9.80 Å². The highest BCUT2D eigenvalue weighted by Crippen LogP contribution is 2.23. The van der Waals surface area contributed by atoms with E-state index in [-0.39, 0.29) is 5.91 Å². The molecule has 0 saturated carbocycles. The minimum atomic E-state index is 0.116. The largest absolute Gasteiger partial charge is 0.335 e. The first-order valence-electron chi connectivity index (χ1n) is 6.87. The Balaban J connectivity index is 1.71. The van der Waals surface area contributed by atoms with Crippen LogP contribution >= 0.6 is 0 Å². The van der Waals surface area contributed by atoms with E-state index < -0.39 is 0 Å². The van der Waals surface area contributed by atoms with Crippen LogP contribution in [0.3, 0.4) is 0 Å². The summed E-state index contributed by atoms with van der Waals surface area (Å²) in [7, 11) is 0. The highest BCUT2D eigenvalue weighted by molar-refractivity contribution is 5.94. The van der Waals surface area contributed by atoms with Gasteiger partial charge in [0.15, 0.2) is 5.69 Å². The van der Waals surface area contributed by atoms with Crippen molar-refractivity contribution in [1.29, 1.82) is 0 Å². The van der Waals surface area contributed by atoms with Crippen LogP contribution in [0.1, 0.15) is 35.1 Å². The van der Waals surface area contributed by atoms with Crippen molar-refractivity contribution < 1.29 is 4.79 Å². The second kappa shape index (κ2) is 4.72. The first kappa shape index (κ1) is 11.7. The molecule has 98 valence electrons. The summed E-state index contributed by atoms with van der Waals surface area (Å²) in [5.41, 5.74) is 3.01. The molecule has 2 aliphatic rings. The van der Waals surface area contributed by atoms with Crippen molar-refractivity contribution in [3.05, 3.63) is 17.0 Å². The van der Waals surface area contributed by atoms with E-state index in [1.165, 1.54) is 5.69 Å². The topological polar surface area (TPSA) is 52.2 Å². The molecule has 1 fully saturated rings. The molecule has 1 saturated heterocycles. The molecule has 1 aliphatic heterocycles. The van der Waals surface area contributed by atoms with Gasteiger partial charge in [0.25, 0.3) is 5.91 Å². The van der Waals surface area contributed by atoms with Gasteiger partial charge in [0.05, 0.1) is 0 Å². The number of amides is 1. The zero-order valence-electron chi connectivity index (χ0n) is 10.9. The Hall–Kier alpha value is -1.36. The fraction of sp³-hybridized carbons (Fsp3) is 0.692. The van der Waals surface area contributed by atoms with E-state index in [1.807, 2.05) is 4.90 Å². The summed E-state index contributed by atoms with van der Waals surface area (Å²) >= 11 is 0. The number of nitrogens with one attached hydrogen (secondary N) is 1. The van der Waals surface area contributed by atoms with Crippen LogP contribution in [0.15, 0.2) is 0 Å². The van der Waals surface area contributed by atoms with Crippen molar-refractivity contribution in [3.63, 3.8) is 0 Å². The van der Waals surface area contributed by atoms with Gasteiger partial charge in [0.1, 0.15) is 0 Å². The summed E-state index contributed by atoms with van der Waals surface area (Å²) in [5.74, 6) is 0.116. The number of hydrogen-bond donors (Lipinski definition) is 1. The molecule has 0 unspecified atom stereocenters. The molecule has 2 heterocycles. The number of aryl methyl sites for hydroxylation is 1. The van der Waals surface area contributed by atoms with Gasteiger partial charge >= 0.3 is 0 Å². The molecule has 1 aliphatic carbocycles. The summed E-state index contributed by atoms with van der Waals surface area (Å²) in [6, 6.07) is 0. The van der Waals surface area contributed by atoms with Crippen molar-refractivity contribution in [3.8, 4) is 0 Å². The van der Waals surface area contributed by atoms with Crippen molar-refractivity contribution in [2.75, 3.05) is 32.7 Å². The van der Waals surface area contributed by atoms with E-state index in [9.17, 15) is 4.79 Å². The summed E-state index contributed by atoms with van der Waals surface area (Å²) in [5, 5.41) is 7.24. The number of piperazine rings is 1. The Labute approximate surface area is 107 Å². The van der Waals surface area contributed by atoms with Gasteiger partial charge in [-0.05, 0) is 25.8 Å². The first-order chi connectivity index (χ1) is 8.79. The van der Waals surface area contributed by atoms with Crippen LogP contribution in [0, 0.1) is 0 Å². The smallest absolute Gasteiger partial charge is 0.274 e. The zero-order chi connectivity index (χ0) is 12.5. The molecule has 0 atom stereocenters. The maximum atomic E-state index is 12.4. The molecular weight excluding hydrogens is 228 g/mol. The Morgan fingerprint density at radius 2 is 2.06 bits per heavy atom. The number of carbonyl (C=O) groups is 1. The molecule has 1 aromatic rings. The quantitative estimate of drug-likeness (QED) is 0.837. The average molecular weight is 248 g/mol. The highest BCUT2D eigenvalue weighted by atomic mass is 16.2. The number of hydrogen-bond acceptors (Lipinski definition) is 3. The summed E-state index contributed by atoms with van der Waals surface area (Å²) in [6.07, 6.45) is 3.19. The van der Waals surface area contributed by atoms with Crippen molar-refractivity contribution in [1.82, 2.24) is 20.0 Å². The molecule has 5 heteroatoms. The van der Waals surface area contributed by atoms with Gasteiger partial charge in [-0.2, -0.15) is 5.10 Å². The van der Waals surface area contributed by atoms with Crippen LogP contribution in [0.4, 0.5) is 0 Å². The number of fused-ring (bicyclic) bond motifs is 1. The first-order valence-corrected chi connectivity index (χ1v) is 6.87. The number of aromatic amines is 1. The SMILES string of the molecule is CCN1CCN(C(=O)c2n[nH]c3c2CCC3)CC1. The third-order valence-electron chi connectivity index (χ3n) is 4.12.